The molecule has 0 bridgehead atoms. The van der Waals surface area contributed by atoms with E-state index in [9.17, 15) is 4.79 Å². The van der Waals surface area contributed by atoms with Crippen molar-refractivity contribution in [3.63, 3.8) is 0 Å². The first-order valence-electron chi connectivity index (χ1n) is 10.1. The number of carbonyl (C=O) groups is 1. The Morgan fingerprint density at radius 2 is 1.76 bits per heavy atom. The lowest BCUT2D eigenvalue weighted by molar-refractivity contribution is 0.0586. The van der Waals surface area contributed by atoms with E-state index >= 15 is 0 Å². The summed E-state index contributed by atoms with van der Waals surface area (Å²) in [6.45, 7) is 2.35. The van der Waals surface area contributed by atoms with Crippen LogP contribution in [0, 0.1) is 6.92 Å². The van der Waals surface area contributed by atoms with Gasteiger partial charge in [0, 0.05) is 22.2 Å². The van der Waals surface area contributed by atoms with E-state index in [0.717, 1.165) is 31.2 Å². The average molecular weight is 410 g/mol. The van der Waals surface area contributed by atoms with Gasteiger partial charge >= 0.3 is 0 Å². The minimum Gasteiger partial charge on any atom is -0.337 e. The van der Waals surface area contributed by atoms with Gasteiger partial charge in [0.15, 0.2) is 0 Å². The molecule has 0 N–H and O–H groups in total. The highest BCUT2D eigenvalue weighted by atomic mass is 35.5. The Hall–Kier alpha value is -2.66. The quantitative estimate of drug-likeness (QED) is 0.544. The largest absolute Gasteiger partial charge is 0.337 e. The molecule has 1 amide bonds. The van der Waals surface area contributed by atoms with Crippen LogP contribution in [0.2, 0.25) is 5.02 Å². The summed E-state index contributed by atoms with van der Waals surface area (Å²) in [5.74, 6) is 0.972. The van der Waals surface area contributed by atoms with Gasteiger partial charge in [-0.25, -0.2) is 0 Å². The lowest BCUT2D eigenvalue weighted by Crippen LogP contribution is -2.41. The minimum absolute atomic E-state index is 0.0244. The van der Waals surface area contributed by atoms with E-state index in [1.165, 1.54) is 12.0 Å². The molecule has 1 heterocycles. The Bertz CT molecular complexity index is 961. The third kappa shape index (κ3) is 4.67. The van der Waals surface area contributed by atoms with Crippen LogP contribution in [0.25, 0.3) is 11.4 Å². The zero-order valence-electron chi connectivity index (χ0n) is 16.5. The Morgan fingerprint density at radius 1 is 1.07 bits per heavy atom. The number of amides is 1. The van der Waals surface area contributed by atoms with Crippen molar-refractivity contribution < 1.29 is 9.32 Å². The smallest absolute Gasteiger partial charge is 0.254 e. The van der Waals surface area contributed by atoms with Crippen molar-refractivity contribution in [1.29, 1.82) is 0 Å². The van der Waals surface area contributed by atoms with Crippen molar-refractivity contribution in [3.05, 3.63) is 70.6 Å². The van der Waals surface area contributed by atoms with Gasteiger partial charge in [0.25, 0.3) is 5.91 Å². The normalized spacial score (nSPS) is 14.7. The molecule has 0 radical (unpaired) electrons. The number of halogens is 1. The second-order valence-electron chi connectivity index (χ2n) is 7.61. The molecule has 3 aromatic rings. The molecule has 5 nitrogen and oxygen atoms in total. The molecule has 0 saturated heterocycles. The summed E-state index contributed by atoms with van der Waals surface area (Å²) in [7, 11) is 0. The van der Waals surface area contributed by atoms with Gasteiger partial charge in [-0.1, -0.05) is 65.8 Å². The first kappa shape index (κ1) is 19.6. The van der Waals surface area contributed by atoms with E-state index in [1.54, 1.807) is 24.3 Å². The van der Waals surface area contributed by atoms with Crippen LogP contribution in [0.4, 0.5) is 0 Å². The predicted octanol–water partition coefficient (Wildman–Crippen LogP) is 5.67. The van der Waals surface area contributed by atoms with E-state index < -0.39 is 0 Å². The van der Waals surface area contributed by atoms with E-state index in [0.29, 0.717) is 28.8 Å². The zero-order chi connectivity index (χ0) is 20.2. The van der Waals surface area contributed by atoms with Crippen molar-refractivity contribution in [2.45, 2.75) is 51.6 Å². The SMILES string of the molecule is Cc1ccc(-c2noc(CN(C(=O)c3ccc(Cl)cc3)C3CCCCC3)n2)cc1. The number of benzene rings is 2. The van der Waals surface area contributed by atoms with Crippen LogP contribution in [0.3, 0.4) is 0 Å². The molecule has 150 valence electrons. The molecule has 2 aromatic carbocycles. The topological polar surface area (TPSA) is 59.2 Å². The summed E-state index contributed by atoms with van der Waals surface area (Å²) in [4.78, 5) is 19.7. The van der Waals surface area contributed by atoms with Gasteiger partial charge in [0.1, 0.15) is 6.54 Å². The molecule has 0 unspecified atom stereocenters. The van der Waals surface area contributed by atoms with Crippen LogP contribution >= 0.6 is 11.6 Å². The summed E-state index contributed by atoms with van der Waals surface area (Å²) in [6, 6.07) is 15.2. The molecule has 0 spiro atoms. The lowest BCUT2D eigenvalue weighted by atomic mass is 9.93. The van der Waals surface area contributed by atoms with E-state index in [-0.39, 0.29) is 11.9 Å². The fourth-order valence-electron chi connectivity index (χ4n) is 3.80. The molecule has 1 aromatic heterocycles. The fraction of sp³-hybridized carbons (Fsp3) is 0.348. The molecule has 1 aliphatic carbocycles. The Morgan fingerprint density at radius 3 is 2.45 bits per heavy atom. The van der Waals surface area contributed by atoms with Crippen LogP contribution in [0.15, 0.2) is 53.1 Å². The van der Waals surface area contributed by atoms with Crippen LogP contribution < -0.4 is 0 Å². The van der Waals surface area contributed by atoms with Crippen molar-refractivity contribution in [3.8, 4) is 11.4 Å². The van der Waals surface area contributed by atoms with E-state index in [1.807, 2.05) is 36.1 Å². The highest BCUT2D eigenvalue weighted by Crippen LogP contribution is 2.26. The fourth-order valence-corrected chi connectivity index (χ4v) is 3.93. The number of nitrogens with zero attached hydrogens (tertiary/aromatic N) is 3. The number of rotatable bonds is 5. The van der Waals surface area contributed by atoms with Crippen LogP contribution in [0.1, 0.15) is 53.9 Å². The summed E-state index contributed by atoms with van der Waals surface area (Å²) >= 11 is 5.99. The summed E-state index contributed by atoms with van der Waals surface area (Å²) in [5, 5.41) is 4.73. The standard InChI is InChI=1S/C23H24ClN3O2/c1-16-7-9-17(10-8-16)22-25-21(29-26-22)15-27(20-5-3-2-4-6-20)23(28)18-11-13-19(24)14-12-18/h7-14,20H,2-6,15H2,1H3. The molecule has 0 atom stereocenters. The van der Waals surface area contributed by atoms with Crippen molar-refractivity contribution in [2.75, 3.05) is 0 Å². The number of aryl methyl sites for hydroxylation is 1. The monoisotopic (exact) mass is 409 g/mol. The molecule has 1 fully saturated rings. The molecular weight excluding hydrogens is 386 g/mol. The summed E-state index contributed by atoms with van der Waals surface area (Å²) in [5.41, 5.74) is 2.70. The second-order valence-corrected chi connectivity index (χ2v) is 8.05. The molecule has 1 saturated carbocycles. The molecule has 4 rings (SSSR count). The molecular formula is C23H24ClN3O2. The van der Waals surface area contributed by atoms with Gasteiger partial charge in [-0.15, -0.1) is 0 Å². The molecule has 0 aliphatic heterocycles. The highest BCUT2D eigenvalue weighted by Gasteiger charge is 2.28. The number of hydrogen-bond acceptors (Lipinski definition) is 4. The third-order valence-corrected chi connectivity index (χ3v) is 5.70. The van der Waals surface area contributed by atoms with Gasteiger partial charge in [-0.05, 0) is 44.0 Å². The Balaban J connectivity index is 1.57. The maximum absolute atomic E-state index is 13.3. The summed E-state index contributed by atoms with van der Waals surface area (Å²) < 4.78 is 5.50. The highest BCUT2D eigenvalue weighted by molar-refractivity contribution is 6.30. The minimum atomic E-state index is -0.0244. The Kier molecular flexibility index (Phi) is 5.95. The maximum Gasteiger partial charge on any atom is 0.254 e. The van der Waals surface area contributed by atoms with Crippen LogP contribution in [0.5, 0.6) is 0 Å². The zero-order valence-corrected chi connectivity index (χ0v) is 17.2. The van der Waals surface area contributed by atoms with Crippen molar-refractivity contribution >= 4 is 17.5 Å². The van der Waals surface area contributed by atoms with Gasteiger partial charge in [0.05, 0.1) is 0 Å². The van der Waals surface area contributed by atoms with Crippen molar-refractivity contribution in [1.82, 2.24) is 15.0 Å². The van der Waals surface area contributed by atoms with Crippen LogP contribution in [-0.2, 0) is 6.54 Å². The van der Waals surface area contributed by atoms with Gasteiger partial charge < -0.3 is 9.42 Å². The number of aromatic nitrogens is 2. The molecule has 6 heteroatoms. The van der Waals surface area contributed by atoms with Gasteiger partial charge in [-0.3, -0.25) is 4.79 Å². The van der Waals surface area contributed by atoms with Gasteiger partial charge in [0.2, 0.25) is 11.7 Å². The van der Waals surface area contributed by atoms with Crippen LogP contribution in [-0.4, -0.2) is 27.0 Å². The second kappa shape index (κ2) is 8.78. The number of carbonyl (C=O) groups excluding carboxylic acids is 1. The summed E-state index contributed by atoms with van der Waals surface area (Å²) in [6.07, 6.45) is 5.48. The predicted molar refractivity (Wildman–Crippen MR) is 113 cm³/mol. The molecule has 1 aliphatic rings. The van der Waals surface area contributed by atoms with E-state index in [4.69, 9.17) is 16.1 Å². The maximum atomic E-state index is 13.3. The average Bonchev–Trinajstić information content (AvgIpc) is 3.22. The number of hydrogen-bond donors (Lipinski definition) is 0. The molecule has 29 heavy (non-hydrogen) atoms. The van der Waals surface area contributed by atoms with E-state index in [2.05, 4.69) is 10.1 Å². The first-order chi connectivity index (χ1) is 14.1. The van der Waals surface area contributed by atoms with Gasteiger partial charge in [-0.2, -0.15) is 4.98 Å². The third-order valence-electron chi connectivity index (χ3n) is 5.45. The lowest BCUT2D eigenvalue weighted by Gasteiger charge is -2.33. The first-order valence-corrected chi connectivity index (χ1v) is 10.4. The van der Waals surface area contributed by atoms with Crippen molar-refractivity contribution in [2.24, 2.45) is 0 Å². The Labute approximate surface area is 175 Å².